The van der Waals surface area contributed by atoms with Gasteiger partial charge in [-0.3, -0.25) is 9.20 Å². The van der Waals surface area contributed by atoms with Gasteiger partial charge in [-0.15, -0.1) is 11.3 Å². The summed E-state index contributed by atoms with van der Waals surface area (Å²) in [5, 5.41) is 2.66. The molecule has 0 bridgehead atoms. The number of anilines is 1. The van der Waals surface area contributed by atoms with Gasteiger partial charge in [-0.05, 0) is 49.9 Å². The third-order valence-electron chi connectivity index (χ3n) is 5.13. The lowest BCUT2D eigenvalue weighted by molar-refractivity contribution is 0.102. The molecule has 0 spiro atoms. The summed E-state index contributed by atoms with van der Waals surface area (Å²) in [4.78, 5) is 19.4. The number of hydrogen-bond acceptors (Lipinski definition) is 3. The zero-order chi connectivity index (χ0) is 20.0. The number of benzene rings is 2. The molecule has 2 heterocycles. The number of hydrogen-bond donors (Lipinski definition) is 1. The monoisotopic (exact) mass is 409 g/mol. The highest BCUT2D eigenvalue weighted by Gasteiger charge is 2.18. The Morgan fingerprint density at radius 3 is 2.52 bits per heavy atom. The highest BCUT2D eigenvalue weighted by atomic mass is 32.1. The summed E-state index contributed by atoms with van der Waals surface area (Å²) in [6.45, 7) is 0. The Labute approximate surface area is 169 Å². The molecule has 5 rings (SSSR count). The van der Waals surface area contributed by atoms with Crippen LogP contribution in [-0.2, 0) is 12.8 Å². The smallest absolute Gasteiger partial charge is 0.255 e. The molecule has 1 aliphatic carbocycles. The number of fused-ring (bicyclic) bond motifs is 3. The van der Waals surface area contributed by atoms with Gasteiger partial charge in [-0.25, -0.2) is 13.8 Å². The second-order valence-electron chi connectivity index (χ2n) is 7.15. The van der Waals surface area contributed by atoms with Crippen LogP contribution in [0.5, 0.6) is 0 Å². The number of amides is 1. The average Bonchev–Trinajstić information content (AvgIpc) is 3.26. The van der Waals surface area contributed by atoms with E-state index in [0.29, 0.717) is 5.69 Å². The van der Waals surface area contributed by atoms with Crippen molar-refractivity contribution in [1.29, 1.82) is 0 Å². The van der Waals surface area contributed by atoms with Crippen LogP contribution in [0, 0.1) is 11.6 Å². The van der Waals surface area contributed by atoms with Gasteiger partial charge in [0.05, 0.1) is 5.69 Å². The molecule has 0 unspecified atom stereocenters. The SMILES string of the molecule is O=C(Nc1ccc(-c2cn3c4c(sc3n2)CCCC4)cc1)c1cc(F)cc(F)c1. The predicted molar refractivity (Wildman–Crippen MR) is 109 cm³/mol. The molecule has 29 heavy (non-hydrogen) atoms. The van der Waals surface area contributed by atoms with Gasteiger partial charge in [0.1, 0.15) is 11.6 Å². The van der Waals surface area contributed by atoms with E-state index >= 15 is 0 Å². The standard InChI is InChI=1S/C22H17F2N3OS/c23-15-9-14(10-16(24)11-15)21(28)25-17-7-5-13(6-8-17)18-12-27-19-3-1-2-4-20(19)29-22(27)26-18/h5-12H,1-4H2,(H,25,28). The Kier molecular flexibility index (Phi) is 4.39. The van der Waals surface area contributed by atoms with Crippen molar-refractivity contribution in [3.63, 3.8) is 0 Å². The topological polar surface area (TPSA) is 46.4 Å². The maximum atomic E-state index is 13.3. The van der Waals surface area contributed by atoms with E-state index in [4.69, 9.17) is 4.98 Å². The number of aryl methyl sites for hydroxylation is 2. The maximum absolute atomic E-state index is 13.3. The van der Waals surface area contributed by atoms with Gasteiger partial charge in [0.2, 0.25) is 0 Å². The molecule has 0 saturated heterocycles. The zero-order valence-electron chi connectivity index (χ0n) is 15.4. The van der Waals surface area contributed by atoms with Gasteiger partial charge in [0.15, 0.2) is 4.96 Å². The number of halogens is 2. The average molecular weight is 409 g/mol. The summed E-state index contributed by atoms with van der Waals surface area (Å²) in [5.41, 5.74) is 3.68. The second kappa shape index (κ2) is 7.08. The highest BCUT2D eigenvalue weighted by Crippen LogP contribution is 2.32. The van der Waals surface area contributed by atoms with E-state index in [1.165, 1.54) is 23.4 Å². The number of carbonyl (C=O) groups is 1. The molecule has 7 heteroatoms. The third-order valence-corrected chi connectivity index (χ3v) is 6.29. The van der Waals surface area contributed by atoms with Crippen molar-refractivity contribution >= 4 is 27.9 Å². The minimum atomic E-state index is -0.785. The Morgan fingerprint density at radius 2 is 1.76 bits per heavy atom. The number of imidazole rings is 1. The van der Waals surface area contributed by atoms with E-state index < -0.39 is 17.5 Å². The number of thiazole rings is 1. The fourth-order valence-electron chi connectivity index (χ4n) is 3.72. The van der Waals surface area contributed by atoms with E-state index in [0.717, 1.165) is 47.3 Å². The van der Waals surface area contributed by atoms with E-state index in [1.807, 2.05) is 12.1 Å². The van der Waals surface area contributed by atoms with Gasteiger partial charge in [0, 0.05) is 39.6 Å². The molecule has 0 fully saturated rings. The molecule has 4 nitrogen and oxygen atoms in total. The predicted octanol–water partition coefficient (Wildman–Crippen LogP) is 5.47. The Morgan fingerprint density at radius 1 is 1.03 bits per heavy atom. The number of nitrogens with one attached hydrogen (secondary N) is 1. The van der Waals surface area contributed by atoms with Gasteiger partial charge in [0.25, 0.3) is 5.91 Å². The molecule has 0 saturated carbocycles. The van der Waals surface area contributed by atoms with E-state index in [1.54, 1.807) is 23.5 Å². The van der Waals surface area contributed by atoms with Crippen molar-refractivity contribution in [3.8, 4) is 11.3 Å². The second-order valence-corrected chi connectivity index (χ2v) is 8.21. The normalized spacial score (nSPS) is 13.4. The van der Waals surface area contributed by atoms with Crippen LogP contribution in [0.2, 0.25) is 0 Å². The fourth-order valence-corrected chi connectivity index (χ4v) is 4.91. The first kappa shape index (κ1) is 18.0. The van der Waals surface area contributed by atoms with Crippen molar-refractivity contribution in [2.24, 2.45) is 0 Å². The first-order chi connectivity index (χ1) is 14.1. The lowest BCUT2D eigenvalue weighted by Gasteiger charge is -2.09. The molecule has 0 aliphatic heterocycles. The maximum Gasteiger partial charge on any atom is 0.255 e. The summed E-state index contributed by atoms with van der Waals surface area (Å²) < 4.78 is 28.8. The molecular weight excluding hydrogens is 392 g/mol. The summed E-state index contributed by atoms with van der Waals surface area (Å²) in [6.07, 6.45) is 6.77. The quantitative estimate of drug-likeness (QED) is 0.488. The Bertz CT molecular complexity index is 1210. The van der Waals surface area contributed by atoms with E-state index in [-0.39, 0.29) is 5.56 Å². The summed E-state index contributed by atoms with van der Waals surface area (Å²) in [5.74, 6) is -2.13. The minimum Gasteiger partial charge on any atom is -0.322 e. The lowest BCUT2D eigenvalue weighted by atomic mass is 10.0. The van der Waals surface area contributed by atoms with Crippen LogP contribution in [0.3, 0.4) is 0 Å². The van der Waals surface area contributed by atoms with Crippen molar-refractivity contribution < 1.29 is 13.6 Å². The summed E-state index contributed by atoms with van der Waals surface area (Å²) in [7, 11) is 0. The van der Waals surface area contributed by atoms with Gasteiger partial charge >= 0.3 is 0 Å². The molecular formula is C22H17F2N3OS. The number of nitrogens with zero attached hydrogens (tertiary/aromatic N) is 2. The molecule has 1 aliphatic rings. The summed E-state index contributed by atoms with van der Waals surface area (Å²) >= 11 is 1.76. The molecule has 0 atom stereocenters. The number of rotatable bonds is 3. The third kappa shape index (κ3) is 3.42. The lowest BCUT2D eigenvalue weighted by Crippen LogP contribution is -2.12. The Balaban J connectivity index is 1.36. The van der Waals surface area contributed by atoms with Crippen molar-refractivity contribution in [3.05, 3.63) is 76.4 Å². The van der Waals surface area contributed by atoms with Crippen LogP contribution in [0.1, 0.15) is 33.8 Å². The van der Waals surface area contributed by atoms with Crippen molar-refractivity contribution in [2.75, 3.05) is 5.32 Å². The molecule has 0 radical (unpaired) electrons. The van der Waals surface area contributed by atoms with Crippen LogP contribution in [-0.4, -0.2) is 15.3 Å². The van der Waals surface area contributed by atoms with Gasteiger partial charge in [-0.1, -0.05) is 12.1 Å². The molecule has 2 aromatic carbocycles. The van der Waals surface area contributed by atoms with Crippen LogP contribution in [0.25, 0.3) is 16.2 Å². The number of carbonyl (C=O) groups excluding carboxylic acids is 1. The van der Waals surface area contributed by atoms with Gasteiger partial charge < -0.3 is 5.32 Å². The fraction of sp³-hybridized carbons (Fsp3) is 0.182. The minimum absolute atomic E-state index is 0.0642. The van der Waals surface area contributed by atoms with E-state index in [9.17, 15) is 13.6 Å². The molecule has 1 amide bonds. The van der Waals surface area contributed by atoms with Crippen LogP contribution in [0.15, 0.2) is 48.7 Å². The van der Waals surface area contributed by atoms with Crippen LogP contribution in [0.4, 0.5) is 14.5 Å². The van der Waals surface area contributed by atoms with Crippen LogP contribution >= 0.6 is 11.3 Å². The van der Waals surface area contributed by atoms with Gasteiger partial charge in [-0.2, -0.15) is 0 Å². The first-order valence-corrected chi connectivity index (χ1v) is 10.3. The molecule has 4 aromatic rings. The molecule has 146 valence electrons. The summed E-state index contributed by atoms with van der Waals surface area (Å²) in [6, 6.07) is 10.0. The van der Waals surface area contributed by atoms with E-state index in [2.05, 4.69) is 15.9 Å². The first-order valence-electron chi connectivity index (χ1n) is 9.44. The number of aromatic nitrogens is 2. The van der Waals surface area contributed by atoms with Crippen LogP contribution < -0.4 is 5.32 Å². The van der Waals surface area contributed by atoms with Crippen molar-refractivity contribution in [2.45, 2.75) is 25.7 Å². The zero-order valence-corrected chi connectivity index (χ0v) is 16.2. The Hall–Kier alpha value is -3.06. The van der Waals surface area contributed by atoms with Crippen molar-refractivity contribution in [1.82, 2.24) is 9.38 Å². The molecule has 2 aromatic heterocycles. The highest BCUT2D eigenvalue weighted by molar-refractivity contribution is 7.17. The largest absolute Gasteiger partial charge is 0.322 e. The molecule has 1 N–H and O–H groups in total.